The van der Waals surface area contributed by atoms with Crippen molar-refractivity contribution in [2.75, 3.05) is 19.8 Å². The Morgan fingerprint density at radius 1 is 1.28 bits per heavy atom. The smallest absolute Gasteiger partial charge is 0.344 e. The van der Waals surface area contributed by atoms with Crippen molar-refractivity contribution >= 4 is 5.97 Å². The molecule has 1 rings (SSSR count). The number of hydrogen-bond donors (Lipinski definition) is 1. The van der Waals surface area contributed by atoms with Crippen LogP contribution in [0.4, 0.5) is 0 Å². The molecule has 0 aromatic heterocycles. The van der Waals surface area contributed by atoms with Crippen molar-refractivity contribution in [2.45, 2.75) is 26.8 Å². The molecule has 0 radical (unpaired) electrons. The van der Waals surface area contributed by atoms with Gasteiger partial charge in [0.2, 0.25) is 0 Å². The van der Waals surface area contributed by atoms with E-state index in [1.807, 2.05) is 24.3 Å². The topological polar surface area (TPSA) is 47.6 Å². The number of esters is 1. The maximum absolute atomic E-state index is 11.1. The molecule has 1 atom stereocenters. The van der Waals surface area contributed by atoms with Gasteiger partial charge in [-0.2, -0.15) is 0 Å². The van der Waals surface area contributed by atoms with Crippen molar-refractivity contribution in [1.82, 2.24) is 5.32 Å². The van der Waals surface area contributed by atoms with Crippen molar-refractivity contribution in [1.29, 1.82) is 0 Å². The Balaban J connectivity index is 2.47. The fourth-order valence-corrected chi connectivity index (χ4v) is 1.62. The minimum absolute atomic E-state index is 0.0457. The molecule has 0 aliphatic heterocycles. The third kappa shape index (κ3) is 4.75. The van der Waals surface area contributed by atoms with Crippen LogP contribution in [-0.4, -0.2) is 25.7 Å². The predicted octanol–water partition coefficient (Wildman–Crippen LogP) is 2.30. The van der Waals surface area contributed by atoms with Crippen LogP contribution in [0.15, 0.2) is 24.3 Å². The molecule has 0 aliphatic rings. The minimum atomic E-state index is -0.345. The Bertz CT molecular complexity index is 362. The van der Waals surface area contributed by atoms with E-state index in [9.17, 15) is 4.79 Å². The molecule has 0 amide bonds. The number of nitrogens with one attached hydrogen (secondary N) is 1. The molecule has 1 N–H and O–H groups in total. The van der Waals surface area contributed by atoms with Gasteiger partial charge in [-0.15, -0.1) is 0 Å². The van der Waals surface area contributed by atoms with Gasteiger partial charge in [0.05, 0.1) is 6.61 Å². The average molecular weight is 251 g/mol. The maximum Gasteiger partial charge on any atom is 0.344 e. The van der Waals surface area contributed by atoms with Gasteiger partial charge in [0.15, 0.2) is 6.61 Å². The largest absolute Gasteiger partial charge is 0.482 e. The zero-order valence-electron chi connectivity index (χ0n) is 11.2. The van der Waals surface area contributed by atoms with Crippen LogP contribution in [0.3, 0.4) is 0 Å². The van der Waals surface area contributed by atoms with Gasteiger partial charge in [-0.05, 0) is 38.1 Å². The lowest BCUT2D eigenvalue weighted by molar-refractivity contribution is -0.145. The van der Waals surface area contributed by atoms with E-state index in [1.165, 1.54) is 5.56 Å². The number of rotatable bonds is 7. The Kier molecular flexibility index (Phi) is 6.22. The second kappa shape index (κ2) is 7.71. The van der Waals surface area contributed by atoms with Crippen molar-refractivity contribution in [3.63, 3.8) is 0 Å². The second-order valence-corrected chi connectivity index (χ2v) is 3.94. The van der Waals surface area contributed by atoms with Gasteiger partial charge >= 0.3 is 5.97 Å². The fourth-order valence-electron chi connectivity index (χ4n) is 1.62. The average Bonchev–Trinajstić information content (AvgIpc) is 2.37. The lowest BCUT2D eigenvalue weighted by Gasteiger charge is -2.13. The molecule has 100 valence electrons. The van der Waals surface area contributed by atoms with Crippen LogP contribution in [0, 0.1) is 0 Å². The van der Waals surface area contributed by atoms with E-state index in [-0.39, 0.29) is 12.6 Å². The highest BCUT2D eigenvalue weighted by molar-refractivity contribution is 5.71. The summed E-state index contributed by atoms with van der Waals surface area (Å²) in [6.45, 7) is 7.22. The Labute approximate surface area is 108 Å². The van der Waals surface area contributed by atoms with Gasteiger partial charge in [0.25, 0.3) is 0 Å². The van der Waals surface area contributed by atoms with Gasteiger partial charge in [0, 0.05) is 6.04 Å². The molecule has 0 saturated heterocycles. The summed E-state index contributed by atoms with van der Waals surface area (Å²) in [5, 5.41) is 3.33. The van der Waals surface area contributed by atoms with Gasteiger partial charge in [-0.3, -0.25) is 0 Å². The van der Waals surface area contributed by atoms with Crippen LogP contribution in [0.2, 0.25) is 0 Å². The summed E-state index contributed by atoms with van der Waals surface area (Å²) in [6, 6.07) is 8.03. The summed E-state index contributed by atoms with van der Waals surface area (Å²) in [4.78, 5) is 11.1. The third-order valence-electron chi connectivity index (χ3n) is 2.55. The Morgan fingerprint density at radius 3 is 2.50 bits per heavy atom. The molecule has 1 unspecified atom stereocenters. The zero-order chi connectivity index (χ0) is 13.4. The SMILES string of the molecule is CCNC(C)c1ccc(OCC(=O)OCC)cc1. The molecular formula is C14H21NO3. The highest BCUT2D eigenvalue weighted by Crippen LogP contribution is 2.17. The number of benzene rings is 1. The first-order valence-electron chi connectivity index (χ1n) is 6.29. The van der Waals surface area contributed by atoms with Gasteiger partial charge < -0.3 is 14.8 Å². The molecule has 0 aliphatic carbocycles. The molecule has 1 aromatic carbocycles. The van der Waals surface area contributed by atoms with Crippen LogP contribution >= 0.6 is 0 Å². The summed E-state index contributed by atoms with van der Waals surface area (Å²) in [6.07, 6.45) is 0. The lowest BCUT2D eigenvalue weighted by atomic mass is 10.1. The predicted molar refractivity (Wildman–Crippen MR) is 70.7 cm³/mol. The standard InChI is InChI=1S/C14H21NO3/c1-4-15-11(3)12-6-8-13(9-7-12)18-10-14(16)17-5-2/h6-9,11,15H,4-5,10H2,1-3H3. The molecule has 18 heavy (non-hydrogen) atoms. The summed E-state index contributed by atoms with van der Waals surface area (Å²) >= 11 is 0. The minimum Gasteiger partial charge on any atom is -0.482 e. The van der Waals surface area contributed by atoms with Crippen molar-refractivity contribution < 1.29 is 14.3 Å². The summed E-state index contributed by atoms with van der Waals surface area (Å²) < 4.78 is 10.1. The monoisotopic (exact) mass is 251 g/mol. The van der Waals surface area contributed by atoms with E-state index in [2.05, 4.69) is 19.2 Å². The summed E-state index contributed by atoms with van der Waals surface area (Å²) in [7, 11) is 0. The normalized spacial score (nSPS) is 11.9. The Morgan fingerprint density at radius 2 is 1.94 bits per heavy atom. The zero-order valence-corrected chi connectivity index (χ0v) is 11.2. The number of hydrogen-bond acceptors (Lipinski definition) is 4. The molecule has 0 bridgehead atoms. The molecule has 4 nitrogen and oxygen atoms in total. The van der Waals surface area contributed by atoms with Crippen LogP contribution in [0.5, 0.6) is 5.75 Å². The molecule has 1 aromatic rings. The molecule has 4 heteroatoms. The first-order chi connectivity index (χ1) is 8.67. The number of ether oxygens (including phenoxy) is 2. The number of carbonyl (C=O) groups excluding carboxylic acids is 1. The summed E-state index contributed by atoms with van der Waals surface area (Å²) in [5.41, 5.74) is 1.19. The van der Waals surface area contributed by atoms with E-state index in [1.54, 1.807) is 6.92 Å². The van der Waals surface area contributed by atoms with E-state index in [4.69, 9.17) is 9.47 Å². The second-order valence-electron chi connectivity index (χ2n) is 3.94. The van der Waals surface area contributed by atoms with Crippen LogP contribution in [0.1, 0.15) is 32.4 Å². The van der Waals surface area contributed by atoms with E-state index < -0.39 is 0 Å². The van der Waals surface area contributed by atoms with Crippen molar-refractivity contribution in [2.24, 2.45) is 0 Å². The molecule has 0 heterocycles. The van der Waals surface area contributed by atoms with Gasteiger partial charge in [0.1, 0.15) is 5.75 Å². The molecule has 0 spiro atoms. The Hall–Kier alpha value is -1.55. The highest BCUT2D eigenvalue weighted by atomic mass is 16.6. The highest BCUT2D eigenvalue weighted by Gasteiger charge is 2.05. The number of carbonyl (C=O) groups is 1. The van der Waals surface area contributed by atoms with Crippen molar-refractivity contribution in [3.05, 3.63) is 29.8 Å². The van der Waals surface area contributed by atoms with Crippen LogP contribution in [-0.2, 0) is 9.53 Å². The quantitative estimate of drug-likeness (QED) is 0.755. The van der Waals surface area contributed by atoms with Gasteiger partial charge in [-0.1, -0.05) is 19.1 Å². The van der Waals surface area contributed by atoms with E-state index >= 15 is 0 Å². The van der Waals surface area contributed by atoms with E-state index in [0.29, 0.717) is 18.4 Å². The summed E-state index contributed by atoms with van der Waals surface area (Å²) in [5.74, 6) is 0.332. The van der Waals surface area contributed by atoms with Crippen LogP contribution < -0.4 is 10.1 Å². The lowest BCUT2D eigenvalue weighted by Crippen LogP contribution is -2.17. The molecule has 0 saturated carbocycles. The molecule has 0 fully saturated rings. The van der Waals surface area contributed by atoms with E-state index in [0.717, 1.165) is 6.54 Å². The third-order valence-corrected chi connectivity index (χ3v) is 2.55. The molecular weight excluding hydrogens is 230 g/mol. The fraction of sp³-hybridized carbons (Fsp3) is 0.500. The maximum atomic E-state index is 11.1. The van der Waals surface area contributed by atoms with Crippen molar-refractivity contribution in [3.8, 4) is 5.75 Å². The first kappa shape index (κ1) is 14.5. The van der Waals surface area contributed by atoms with Gasteiger partial charge in [-0.25, -0.2) is 4.79 Å². The first-order valence-corrected chi connectivity index (χ1v) is 6.29. The van der Waals surface area contributed by atoms with Crippen LogP contribution in [0.25, 0.3) is 0 Å².